The van der Waals surface area contributed by atoms with Crippen LogP contribution in [0.2, 0.25) is 0 Å². The second kappa shape index (κ2) is 7.33. The highest BCUT2D eigenvalue weighted by Crippen LogP contribution is 2.24. The van der Waals surface area contributed by atoms with E-state index < -0.39 is 16.7 Å². The average molecular weight is 363 g/mol. The maximum Gasteiger partial charge on any atom is 0.322 e. The zero-order valence-corrected chi connectivity index (χ0v) is 15.2. The lowest BCUT2D eigenvalue weighted by Gasteiger charge is -2.10. The van der Waals surface area contributed by atoms with Crippen LogP contribution in [0.5, 0.6) is 0 Å². The number of aryl methyl sites for hydroxylation is 2. The Balaban J connectivity index is 2.30. The molecule has 26 heavy (non-hydrogen) atoms. The Morgan fingerprint density at radius 1 is 1.27 bits per heavy atom. The van der Waals surface area contributed by atoms with E-state index >= 15 is 0 Å². The fraction of sp³-hybridized carbons (Fsp3) is 0.467. The van der Waals surface area contributed by atoms with Crippen LogP contribution in [0.4, 0.5) is 11.4 Å². The van der Waals surface area contributed by atoms with Gasteiger partial charge in [0.25, 0.3) is 11.8 Å². The predicted octanol–water partition coefficient (Wildman–Crippen LogP) is 1.01. The van der Waals surface area contributed by atoms with Crippen LogP contribution in [0.3, 0.4) is 0 Å². The van der Waals surface area contributed by atoms with Gasteiger partial charge in [-0.3, -0.25) is 29.1 Å². The number of aromatic nitrogens is 4. The molecule has 2 amide bonds. The maximum absolute atomic E-state index is 12.5. The first-order chi connectivity index (χ1) is 12.1. The number of amides is 2. The summed E-state index contributed by atoms with van der Waals surface area (Å²) in [5.41, 5.74) is -0.154. The lowest BCUT2D eigenvalue weighted by molar-refractivity contribution is -0.385. The molecule has 0 spiro atoms. The predicted molar refractivity (Wildman–Crippen MR) is 92.9 cm³/mol. The van der Waals surface area contributed by atoms with Crippen LogP contribution in [-0.4, -0.2) is 42.8 Å². The molecule has 2 aromatic heterocycles. The van der Waals surface area contributed by atoms with E-state index in [0.29, 0.717) is 6.54 Å². The van der Waals surface area contributed by atoms with Crippen molar-refractivity contribution < 1.29 is 14.5 Å². The molecule has 0 atom stereocenters. The quantitative estimate of drug-likeness (QED) is 0.580. The van der Waals surface area contributed by atoms with Gasteiger partial charge >= 0.3 is 5.69 Å². The molecule has 2 rings (SSSR count). The van der Waals surface area contributed by atoms with E-state index in [1.165, 1.54) is 29.5 Å². The Morgan fingerprint density at radius 3 is 2.50 bits per heavy atom. The largest absolute Gasteiger partial charge is 0.350 e. The lowest BCUT2D eigenvalue weighted by Crippen LogP contribution is -2.30. The van der Waals surface area contributed by atoms with Crippen LogP contribution in [0.15, 0.2) is 6.20 Å². The molecule has 0 saturated heterocycles. The molecule has 0 aliphatic rings. The van der Waals surface area contributed by atoms with Crippen LogP contribution in [0.1, 0.15) is 40.5 Å². The van der Waals surface area contributed by atoms with Gasteiger partial charge in [0.1, 0.15) is 11.4 Å². The first-order valence-corrected chi connectivity index (χ1v) is 7.93. The first kappa shape index (κ1) is 19.1. The highest BCUT2D eigenvalue weighted by molar-refractivity contribution is 6.09. The van der Waals surface area contributed by atoms with Gasteiger partial charge in [-0.05, 0) is 12.8 Å². The summed E-state index contributed by atoms with van der Waals surface area (Å²) in [7, 11) is 3.07. The third kappa shape index (κ3) is 3.71. The molecule has 11 nitrogen and oxygen atoms in total. The molecule has 2 aromatic rings. The summed E-state index contributed by atoms with van der Waals surface area (Å²) >= 11 is 0. The lowest BCUT2D eigenvalue weighted by atomic mass is 10.2. The minimum absolute atomic E-state index is 0.148. The molecular weight excluding hydrogens is 342 g/mol. The number of hydrogen-bond acceptors (Lipinski definition) is 6. The van der Waals surface area contributed by atoms with Crippen molar-refractivity contribution in [1.29, 1.82) is 0 Å². The second-order valence-electron chi connectivity index (χ2n) is 6.25. The van der Waals surface area contributed by atoms with Gasteiger partial charge in [-0.1, -0.05) is 13.8 Å². The molecule has 0 bridgehead atoms. The van der Waals surface area contributed by atoms with Gasteiger partial charge < -0.3 is 10.6 Å². The molecule has 11 heteroatoms. The summed E-state index contributed by atoms with van der Waals surface area (Å²) in [6.07, 6.45) is 1.31. The Morgan fingerprint density at radius 2 is 1.92 bits per heavy atom. The van der Waals surface area contributed by atoms with E-state index in [0.717, 1.165) is 0 Å². The van der Waals surface area contributed by atoms with E-state index in [2.05, 4.69) is 20.8 Å². The summed E-state index contributed by atoms with van der Waals surface area (Å²) in [6.45, 7) is 5.86. The van der Waals surface area contributed by atoms with Crippen molar-refractivity contribution in [3.63, 3.8) is 0 Å². The average Bonchev–Trinajstić information content (AvgIpc) is 3.05. The standard InChI is InChI=1S/C15H21N7O4/c1-8(2)6-16-15(24)13-10(7-17-21(13)5)18-14(23)11-12(22(25)26)9(3)20(4)19-11/h7-8H,6H2,1-5H3,(H,16,24)(H,18,23). The zero-order chi connectivity index (χ0) is 19.6. The third-order valence-corrected chi connectivity index (χ3v) is 3.77. The van der Waals surface area contributed by atoms with Gasteiger partial charge in [-0.2, -0.15) is 10.2 Å². The van der Waals surface area contributed by atoms with E-state index in [9.17, 15) is 19.7 Å². The van der Waals surface area contributed by atoms with Crippen LogP contribution < -0.4 is 10.6 Å². The molecule has 2 N–H and O–H groups in total. The van der Waals surface area contributed by atoms with Gasteiger partial charge in [-0.25, -0.2) is 0 Å². The van der Waals surface area contributed by atoms with E-state index in [-0.39, 0.29) is 34.4 Å². The van der Waals surface area contributed by atoms with E-state index in [1.54, 1.807) is 7.05 Å². The summed E-state index contributed by atoms with van der Waals surface area (Å²) in [6, 6.07) is 0. The number of rotatable bonds is 6. The molecular formula is C15H21N7O4. The minimum atomic E-state index is -0.786. The van der Waals surface area contributed by atoms with Crippen LogP contribution in [-0.2, 0) is 14.1 Å². The Bertz CT molecular complexity index is 866. The molecule has 0 aromatic carbocycles. The van der Waals surface area contributed by atoms with Crippen LogP contribution >= 0.6 is 0 Å². The fourth-order valence-corrected chi connectivity index (χ4v) is 2.33. The van der Waals surface area contributed by atoms with Crippen molar-refractivity contribution >= 4 is 23.2 Å². The third-order valence-electron chi connectivity index (χ3n) is 3.77. The number of nitrogens with one attached hydrogen (secondary N) is 2. The maximum atomic E-state index is 12.5. The SMILES string of the molecule is Cc1c([N+](=O)[O-])c(C(=O)Nc2cnn(C)c2C(=O)NCC(C)C)nn1C. The van der Waals surface area contributed by atoms with Crippen molar-refractivity contribution in [3.05, 3.63) is 33.4 Å². The summed E-state index contributed by atoms with van der Waals surface area (Å²) in [4.78, 5) is 35.4. The van der Waals surface area contributed by atoms with Gasteiger partial charge in [0, 0.05) is 20.6 Å². The summed E-state index contributed by atoms with van der Waals surface area (Å²) in [5, 5.41) is 24.3. The molecule has 0 aliphatic carbocycles. The molecule has 2 heterocycles. The fourth-order valence-electron chi connectivity index (χ4n) is 2.33. The van der Waals surface area contributed by atoms with E-state index in [1.807, 2.05) is 13.8 Å². The highest BCUT2D eigenvalue weighted by atomic mass is 16.6. The Kier molecular flexibility index (Phi) is 5.38. The van der Waals surface area contributed by atoms with Gasteiger partial charge in [0.05, 0.1) is 16.8 Å². The normalized spacial score (nSPS) is 10.8. The first-order valence-electron chi connectivity index (χ1n) is 7.93. The molecule has 0 saturated carbocycles. The van der Waals surface area contributed by atoms with Gasteiger partial charge in [-0.15, -0.1) is 0 Å². The van der Waals surface area contributed by atoms with Crippen LogP contribution in [0.25, 0.3) is 0 Å². The van der Waals surface area contributed by atoms with Crippen molar-refractivity contribution in [1.82, 2.24) is 24.9 Å². The Labute approximate surface area is 149 Å². The molecule has 0 radical (unpaired) electrons. The summed E-state index contributed by atoms with van der Waals surface area (Å²) < 4.78 is 2.58. The summed E-state index contributed by atoms with van der Waals surface area (Å²) in [5.74, 6) is -0.934. The highest BCUT2D eigenvalue weighted by Gasteiger charge is 2.30. The zero-order valence-electron chi connectivity index (χ0n) is 15.2. The van der Waals surface area contributed by atoms with Crippen molar-refractivity contribution in [2.45, 2.75) is 20.8 Å². The van der Waals surface area contributed by atoms with E-state index in [4.69, 9.17) is 0 Å². The number of carbonyl (C=O) groups is 2. The smallest absolute Gasteiger partial charge is 0.322 e. The number of hydrogen-bond donors (Lipinski definition) is 2. The molecule has 0 fully saturated rings. The number of nitrogens with zero attached hydrogens (tertiary/aromatic N) is 5. The minimum Gasteiger partial charge on any atom is -0.350 e. The second-order valence-corrected chi connectivity index (χ2v) is 6.25. The molecule has 140 valence electrons. The van der Waals surface area contributed by atoms with Crippen molar-refractivity contribution in [3.8, 4) is 0 Å². The van der Waals surface area contributed by atoms with Crippen molar-refractivity contribution in [2.75, 3.05) is 11.9 Å². The van der Waals surface area contributed by atoms with Gasteiger partial charge in [0.15, 0.2) is 0 Å². The van der Waals surface area contributed by atoms with Crippen LogP contribution in [0, 0.1) is 23.0 Å². The number of carbonyl (C=O) groups excluding carboxylic acids is 2. The molecule has 0 unspecified atom stereocenters. The Hall–Kier alpha value is -3.24. The molecule has 0 aliphatic heterocycles. The van der Waals surface area contributed by atoms with Gasteiger partial charge in [0.2, 0.25) is 5.69 Å². The topological polar surface area (TPSA) is 137 Å². The number of nitro groups is 1. The number of anilines is 1. The van der Waals surface area contributed by atoms with Crippen molar-refractivity contribution in [2.24, 2.45) is 20.0 Å². The monoisotopic (exact) mass is 363 g/mol.